The number of carbonyl (C=O) groups excluding carboxylic acids is 2. The van der Waals surface area contributed by atoms with Gasteiger partial charge >= 0.3 is 0 Å². The van der Waals surface area contributed by atoms with E-state index in [-0.39, 0.29) is 18.4 Å². The van der Waals surface area contributed by atoms with Gasteiger partial charge in [0.1, 0.15) is 11.5 Å². The van der Waals surface area contributed by atoms with E-state index in [0.717, 1.165) is 22.6 Å². The molecule has 0 heterocycles. The van der Waals surface area contributed by atoms with E-state index in [4.69, 9.17) is 9.47 Å². The molecule has 0 fully saturated rings. The summed E-state index contributed by atoms with van der Waals surface area (Å²) >= 11 is 0. The lowest BCUT2D eigenvalue weighted by molar-refractivity contribution is -0.131. The van der Waals surface area contributed by atoms with Crippen molar-refractivity contribution in [2.45, 2.75) is 13.1 Å². The number of rotatable bonds is 9. The molecule has 0 saturated heterocycles. The van der Waals surface area contributed by atoms with Crippen LogP contribution in [-0.4, -0.2) is 37.5 Å². The molecule has 3 aromatic carbocycles. The number of carbonyl (C=O) groups is 2. The summed E-state index contributed by atoms with van der Waals surface area (Å²) in [6, 6.07) is 24.0. The average Bonchev–Trinajstić information content (AvgIpc) is 2.83. The minimum absolute atomic E-state index is 0.0833. The van der Waals surface area contributed by atoms with Gasteiger partial charge in [0.25, 0.3) is 5.91 Å². The van der Waals surface area contributed by atoms with Crippen LogP contribution >= 0.6 is 0 Å². The molecule has 0 radical (unpaired) electrons. The van der Waals surface area contributed by atoms with Crippen molar-refractivity contribution < 1.29 is 19.1 Å². The van der Waals surface area contributed by atoms with Crippen molar-refractivity contribution in [2.24, 2.45) is 0 Å². The summed E-state index contributed by atoms with van der Waals surface area (Å²) in [5, 5.41) is 2.72. The van der Waals surface area contributed by atoms with Gasteiger partial charge in [0, 0.05) is 18.7 Å². The molecule has 0 unspecified atom stereocenters. The zero-order valence-electron chi connectivity index (χ0n) is 17.7. The first-order valence-corrected chi connectivity index (χ1v) is 9.96. The van der Waals surface area contributed by atoms with E-state index in [1.807, 2.05) is 54.6 Å². The first-order valence-electron chi connectivity index (χ1n) is 9.96. The molecule has 0 bridgehead atoms. The van der Waals surface area contributed by atoms with Gasteiger partial charge in [0.15, 0.2) is 0 Å². The monoisotopic (exact) mass is 418 g/mol. The Morgan fingerprint density at radius 3 is 1.68 bits per heavy atom. The highest BCUT2D eigenvalue weighted by Crippen LogP contribution is 2.17. The number of hydrogen-bond donors (Lipinski definition) is 1. The predicted molar refractivity (Wildman–Crippen MR) is 119 cm³/mol. The van der Waals surface area contributed by atoms with Crippen molar-refractivity contribution in [3.8, 4) is 11.5 Å². The summed E-state index contributed by atoms with van der Waals surface area (Å²) in [5.41, 5.74) is 2.46. The van der Waals surface area contributed by atoms with Crippen LogP contribution in [-0.2, 0) is 17.9 Å². The first-order chi connectivity index (χ1) is 15.1. The van der Waals surface area contributed by atoms with Crippen LogP contribution < -0.4 is 14.8 Å². The maximum atomic E-state index is 13.0. The van der Waals surface area contributed by atoms with Crippen molar-refractivity contribution in [2.75, 3.05) is 20.8 Å². The van der Waals surface area contributed by atoms with Gasteiger partial charge in [-0.3, -0.25) is 9.59 Å². The summed E-state index contributed by atoms with van der Waals surface area (Å²) in [6.07, 6.45) is 0. The lowest BCUT2D eigenvalue weighted by Crippen LogP contribution is -2.39. The highest BCUT2D eigenvalue weighted by Gasteiger charge is 2.16. The summed E-state index contributed by atoms with van der Waals surface area (Å²) < 4.78 is 10.4. The van der Waals surface area contributed by atoms with Crippen LogP contribution in [0.3, 0.4) is 0 Å². The number of nitrogens with one attached hydrogen (secondary N) is 1. The molecule has 0 saturated carbocycles. The SMILES string of the molecule is COc1ccc(CN(Cc2ccc(OC)cc2)C(=O)CNC(=O)c2ccccc2)cc1. The third-order valence-corrected chi connectivity index (χ3v) is 4.85. The standard InChI is InChI=1S/C25H26N2O4/c1-30-22-12-8-19(9-13-22)17-27(18-20-10-14-23(31-2)15-11-20)24(28)16-26-25(29)21-6-4-3-5-7-21/h3-15H,16-18H2,1-2H3,(H,26,29). The van der Waals surface area contributed by atoms with Crippen LogP contribution in [0.15, 0.2) is 78.9 Å². The van der Waals surface area contributed by atoms with Crippen LogP contribution in [0.4, 0.5) is 0 Å². The normalized spacial score (nSPS) is 10.3. The second kappa shape index (κ2) is 10.8. The van der Waals surface area contributed by atoms with Crippen LogP contribution in [0.25, 0.3) is 0 Å². The zero-order valence-corrected chi connectivity index (χ0v) is 17.7. The molecule has 0 aliphatic heterocycles. The molecule has 6 nitrogen and oxygen atoms in total. The van der Waals surface area contributed by atoms with Gasteiger partial charge < -0.3 is 19.7 Å². The van der Waals surface area contributed by atoms with Crippen molar-refractivity contribution in [3.63, 3.8) is 0 Å². The molecule has 160 valence electrons. The number of hydrogen-bond acceptors (Lipinski definition) is 4. The molecule has 0 aromatic heterocycles. The quantitative estimate of drug-likeness (QED) is 0.576. The van der Waals surface area contributed by atoms with Gasteiger partial charge in [-0.05, 0) is 47.5 Å². The topological polar surface area (TPSA) is 67.9 Å². The number of methoxy groups -OCH3 is 2. The molecular weight excluding hydrogens is 392 g/mol. The maximum Gasteiger partial charge on any atom is 0.251 e. The summed E-state index contributed by atoms with van der Waals surface area (Å²) in [7, 11) is 3.23. The minimum atomic E-state index is -0.275. The highest BCUT2D eigenvalue weighted by atomic mass is 16.5. The second-order valence-corrected chi connectivity index (χ2v) is 6.99. The first kappa shape index (κ1) is 21.9. The van der Waals surface area contributed by atoms with E-state index >= 15 is 0 Å². The van der Waals surface area contributed by atoms with Gasteiger partial charge in [-0.15, -0.1) is 0 Å². The van der Waals surface area contributed by atoms with Gasteiger partial charge in [-0.1, -0.05) is 42.5 Å². The lowest BCUT2D eigenvalue weighted by Gasteiger charge is -2.23. The average molecular weight is 418 g/mol. The fraction of sp³-hybridized carbons (Fsp3) is 0.200. The van der Waals surface area contributed by atoms with Gasteiger partial charge in [-0.25, -0.2) is 0 Å². The molecule has 0 aliphatic carbocycles. The Balaban J connectivity index is 1.71. The lowest BCUT2D eigenvalue weighted by atomic mass is 10.1. The molecule has 1 N–H and O–H groups in total. The molecule has 3 rings (SSSR count). The molecular formula is C25H26N2O4. The fourth-order valence-electron chi connectivity index (χ4n) is 3.09. The third kappa shape index (κ3) is 6.34. The smallest absolute Gasteiger partial charge is 0.251 e. The van der Waals surface area contributed by atoms with Crippen molar-refractivity contribution >= 4 is 11.8 Å². The molecule has 0 aliphatic rings. The van der Waals surface area contributed by atoms with Crippen LogP contribution in [0.1, 0.15) is 21.5 Å². The summed E-state index contributed by atoms with van der Waals surface area (Å²) in [6.45, 7) is 0.742. The fourth-order valence-corrected chi connectivity index (χ4v) is 3.09. The molecule has 0 spiro atoms. The van der Waals surface area contributed by atoms with Gasteiger partial charge in [-0.2, -0.15) is 0 Å². The van der Waals surface area contributed by atoms with Crippen molar-refractivity contribution in [1.82, 2.24) is 10.2 Å². The van der Waals surface area contributed by atoms with E-state index < -0.39 is 0 Å². The van der Waals surface area contributed by atoms with E-state index in [1.54, 1.807) is 43.4 Å². The van der Waals surface area contributed by atoms with Gasteiger partial charge in [0.05, 0.1) is 20.8 Å². The van der Waals surface area contributed by atoms with Crippen LogP contribution in [0, 0.1) is 0 Å². The minimum Gasteiger partial charge on any atom is -0.497 e. The Labute approximate surface area is 182 Å². The van der Waals surface area contributed by atoms with E-state index in [9.17, 15) is 9.59 Å². The molecule has 0 atom stereocenters. The number of benzene rings is 3. The number of ether oxygens (including phenoxy) is 2. The van der Waals surface area contributed by atoms with Gasteiger partial charge in [0.2, 0.25) is 5.91 Å². The summed E-state index contributed by atoms with van der Waals surface area (Å²) in [4.78, 5) is 27.0. The summed E-state index contributed by atoms with van der Waals surface area (Å²) in [5.74, 6) is 1.07. The second-order valence-electron chi connectivity index (χ2n) is 6.99. The predicted octanol–water partition coefficient (Wildman–Crippen LogP) is 3.66. The Bertz CT molecular complexity index is 937. The Morgan fingerprint density at radius 2 is 1.23 bits per heavy atom. The van der Waals surface area contributed by atoms with Crippen LogP contribution in [0.2, 0.25) is 0 Å². The number of nitrogens with zero attached hydrogens (tertiary/aromatic N) is 1. The van der Waals surface area contributed by atoms with Crippen molar-refractivity contribution in [1.29, 1.82) is 0 Å². The maximum absolute atomic E-state index is 13.0. The third-order valence-electron chi connectivity index (χ3n) is 4.85. The van der Waals surface area contributed by atoms with E-state index in [1.165, 1.54) is 0 Å². The Kier molecular flexibility index (Phi) is 7.65. The van der Waals surface area contributed by atoms with E-state index in [0.29, 0.717) is 18.7 Å². The largest absolute Gasteiger partial charge is 0.497 e. The molecule has 2 amide bonds. The highest BCUT2D eigenvalue weighted by molar-refractivity contribution is 5.96. The van der Waals surface area contributed by atoms with E-state index in [2.05, 4.69) is 5.32 Å². The zero-order chi connectivity index (χ0) is 22.1. The van der Waals surface area contributed by atoms with Crippen molar-refractivity contribution in [3.05, 3.63) is 95.6 Å². The Hall–Kier alpha value is -3.80. The van der Waals surface area contributed by atoms with Crippen LogP contribution in [0.5, 0.6) is 11.5 Å². The molecule has 31 heavy (non-hydrogen) atoms. The molecule has 6 heteroatoms. The number of amides is 2. The molecule has 3 aromatic rings. The Morgan fingerprint density at radius 1 is 0.742 bits per heavy atom.